The molecule has 2 aromatic carbocycles. The molecule has 0 aliphatic heterocycles. The maximum atomic E-state index is 14.5. The van der Waals surface area contributed by atoms with Gasteiger partial charge in [-0.3, -0.25) is 19.1 Å². The molecule has 44 heavy (non-hydrogen) atoms. The zero-order valence-electron chi connectivity index (χ0n) is 23.8. The van der Waals surface area contributed by atoms with Crippen molar-refractivity contribution in [1.82, 2.24) is 14.7 Å². The highest BCUT2D eigenvalue weighted by atomic mass is 35.5. The van der Waals surface area contributed by atoms with Gasteiger partial charge in [-0.1, -0.05) is 17.7 Å². The minimum atomic E-state index is -5.04. The van der Waals surface area contributed by atoms with Crippen LogP contribution in [0.1, 0.15) is 70.6 Å². The van der Waals surface area contributed by atoms with Gasteiger partial charge in [0, 0.05) is 12.6 Å². The van der Waals surface area contributed by atoms with Crippen LogP contribution in [-0.4, -0.2) is 52.6 Å². The van der Waals surface area contributed by atoms with E-state index in [4.69, 9.17) is 21.1 Å². The molecule has 0 unspecified atom stereocenters. The maximum Gasteiger partial charge on any atom is 0.433 e. The molecular weight excluding hydrogens is 613 g/mol. The number of rotatable bonds is 10. The summed E-state index contributed by atoms with van der Waals surface area (Å²) in [6.07, 6.45) is -3.36. The van der Waals surface area contributed by atoms with Gasteiger partial charge in [0.15, 0.2) is 11.5 Å². The molecular formula is C30H29ClF5N3O5. The predicted octanol–water partition coefficient (Wildman–Crippen LogP) is 6.66. The van der Waals surface area contributed by atoms with Gasteiger partial charge in [0.1, 0.15) is 17.4 Å². The first-order valence-electron chi connectivity index (χ1n) is 13.7. The van der Waals surface area contributed by atoms with E-state index in [0.29, 0.717) is 6.07 Å². The fourth-order valence-electron chi connectivity index (χ4n) is 5.38. The second kappa shape index (κ2) is 13.7. The third-order valence-corrected chi connectivity index (χ3v) is 7.66. The van der Waals surface area contributed by atoms with Gasteiger partial charge >= 0.3 is 12.1 Å². The van der Waals surface area contributed by atoms with E-state index in [0.717, 1.165) is 27.9 Å². The molecule has 1 aromatic heterocycles. The normalized spacial score (nSPS) is 16.8. The number of esters is 1. The Hall–Kier alpha value is -4.00. The van der Waals surface area contributed by atoms with Crippen LogP contribution in [0.5, 0.6) is 5.75 Å². The second-order valence-electron chi connectivity index (χ2n) is 10.3. The lowest BCUT2D eigenvalue weighted by Crippen LogP contribution is -2.37. The molecule has 0 N–H and O–H groups in total. The van der Waals surface area contributed by atoms with Crippen LogP contribution in [0.3, 0.4) is 0 Å². The topological polar surface area (TPSA) is 90.7 Å². The molecule has 8 nitrogen and oxygen atoms in total. The van der Waals surface area contributed by atoms with Crippen LogP contribution < -0.4 is 4.74 Å². The van der Waals surface area contributed by atoms with Gasteiger partial charge in [-0.2, -0.15) is 18.3 Å². The first kappa shape index (κ1) is 32.9. The number of aromatic nitrogens is 2. The van der Waals surface area contributed by atoms with Crippen molar-refractivity contribution in [2.75, 3.05) is 20.3 Å². The molecule has 3 aromatic rings. The fourth-order valence-corrected chi connectivity index (χ4v) is 5.66. The Kier molecular flexibility index (Phi) is 10.3. The van der Waals surface area contributed by atoms with Gasteiger partial charge in [-0.15, -0.1) is 0 Å². The molecule has 0 bridgehead atoms. The molecule has 0 spiro atoms. The van der Waals surface area contributed by atoms with Crippen LogP contribution >= 0.6 is 11.6 Å². The van der Waals surface area contributed by atoms with E-state index in [-0.39, 0.29) is 54.2 Å². The van der Waals surface area contributed by atoms with Crippen LogP contribution in [0.4, 0.5) is 22.0 Å². The molecule has 0 radical (unpaired) electrons. The monoisotopic (exact) mass is 641 g/mol. The van der Waals surface area contributed by atoms with Crippen LogP contribution in [-0.2, 0) is 22.3 Å². The molecule has 0 atom stereocenters. The molecule has 1 amide bonds. The van der Waals surface area contributed by atoms with Gasteiger partial charge in [-0.05, 0) is 62.4 Å². The van der Waals surface area contributed by atoms with Crippen molar-refractivity contribution < 1.29 is 45.8 Å². The number of amides is 1. The summed E-state index contributed by atoms with van der Waals surface area (Å²) >= 11 is 6.21. The van der Waals surface area contributed by atoms with Crippen molar-refractivity contribution in [3.63, 3.8) is 0 Å². The van der Waals surface area contributed by atoms with Crippen LogP contribution in [0.2, 0.25) is 5.02 Å². The first-order valence-corrected chi connectivity index (χ1v) is 14.1. The van der Waals surface area contributed by atoms with E-state index >= 15 is 0 Å². The number of hydrogen-bond donors (Lipinski definition) is 0. The zero-order chi connectivity index (χ0) is 32.2. The SMILES string of the molecule is CCOC(=O)C1CCC(n2ncc(C(=O)N(CC(=O)c3c(Cl)cccc3OC)Cc3cc(F)cc(F)c3)c2C(F)(F)F)CC1. The maximum absolute atomic E-state index is 14.5. The number of benzene rings is 2. The first-order chi connectivity index (χ1) is 20.8. The lowest BCUT2D eigenvalue weighted by Gasteiger charge is -2.29. The molecule has 1 aliphatic carbocycles. The van der Waals surface area contributed by atoms with E-state index in [1.165, 1.54) is 25.3 Å². The van der Waals surface area contributed by atoms with Gasteiger partial charge in [0.05, 0.1) is 54.6 Å². The summed E-state index contributed by atoms with van der Waals surface area (Å²) in [7, 11) is 1.28. The molecule has 236 valence electrons. The summed E-state index contributed by atoms with van der Waals surface area (Å²) < 4.78 is 82.5. The van der Waals surface area contributed by atoms with Gasteiger partial charge < -0.3 is 14.4 Å². The number of carbonyl (C=O) groups excluding carboxylic acids is 3. The summed E-state index contributed by atoms with van der Waals surface area (Å²) in [5.41, 5.74) is -2.40. The zero-order valence-corrected chi connectivity index (χ0v) is 24.6. The molecule has 4 rings (SSSR count). The summed E-state index contributed by atoms with van der Waals surface area (Å²) in [4.78, 5) is 40.1. The molecule has 14 heteroatoms. The predicted molar refractivity (Wildman–Crippen MR) is 148 cm³/mol. The van der Waals surface area contributed by atoms with E-state index in [9.17, 15) is 36.3 Å². The van der Waals surface area contributed by atoms with Crippen LogP contribution in [0, 0.1) is 17.6 Å². The number of ketones is 1. The number of nitrogens with zero attached hydrogens (tertiary/aromatic N) is 3. The molecule has 0 saturated heterocycles. The Labute approximate surface area is 254 Å². The number of ether oxygens (including phenoxy) is 2. The average molecular weight is 642 g/mol. The lowest BCUT2D eigenvalue weighted by atomic mass is 9.86. The van der Waals surface area contributed by atoms with E-state index in [1.54, 1.807) is 6.92 Å². The van der Waals surface area contributed by atoms with Crippen molar-refractivity contribution in [3.05, 3.63) is 81.6 Å². The number of alkyl halides is 3. The Balaban J connectivity index is 1.70. The lowest BCUT2D eigenvalue weighted by molar-refractivity contribution is -0.151. The Bertz CT molecular complexity index is 1520. The summed E-state index contributed by atoms with van der Waals surface area (Å²) in [6.45, 7) is 0.434. The third kappa shape index (κ3) is 7.37. The number of methoxy groups -OCH3 is 1. The Morgan fingerprint density at radius 1 is 1.07 bits per heavy atom. The molecule has 1 saturated carbocycles. The number of halogens is 6. The fraction of sp³-hybridized carbons (Fsp3) is 0.400. The van der Waals surface area contributed by atoms with Crippen molar-refractivity contribution in [2.45, 2.75) is 51.4 Å². The summed E-state index contributed by atoms with van der Waals surface area (Å²) in [6, 6.07) is 5.99. The largest absolute Gasteiger partial charge is 0.496 e. The smallest absolute Gasteiger partial charge is 0.433 e. The average Bonchev–Trinajstić information content (AvgIpc) is 3.42. The number of carbonyl (C=O) groups is 3. The second-order valence-corrected chi connectivity index (χ2v) is 10.7. The van der Waals surface area contributed by atoms with Gasteiger partial charge in [-0.25, -0.2) is 8.78 Å². The van der Waals surface area contributed by atoms with Gasteiger partial charge in [0.2, 0.25) is 0 Å². The van der Waals surface area contributed by atoms with E-state index in [2.05, 4.69) is 5.10 Å². The van der Waals surface area contributed by atoms with E-state index in [1.807, 2.05) is 0 Å². The third-order valence-electron chi connectivity index (χ3n) is 7.35. The highest BCUT2D eigenvalue weighted by Crippen LogP contribution is 2.39. The Morgan fingerprint density at radius 2 is 1.73 bits per heavy atom. The van der Waals surface area contributed by atoms with Crippen molar-refractivity contribution in [1.29, 1.82) is 0 Å². The van der Waals surface area contributed by atoms with Crippen LogP contribution in [0.25, 0.3) is 0 Å². The van der Waals surface area contributed by atoms with E-state index < -0.39 is 71.8 Å². The summed E-state index contributed by atoms with van der Waals surface area (Å²) in [5, 5.41) is 3.89. The standard InChI is InChI=1S/C30H29ClF5N3O5/c1-3-44-29(42)18-7-9-21(10-8-18)39-27(30(34,35)36)22(14-37-39)28(41)38(15-17-11-19(32)13-20(33)12-17)16-24(40)26-23(31)5-4-6-25(26)43-2/h4-6,11-14,18,21H,3,7-10,15-16H2,1-2H3. The quantitative estimate of drug-likeness (QED) is 0.140. The van der Waals surface area contributed by atoms with Crippen molar-refractivity contribution in [3.8, 4) is 5.75 Å². The molecule has 1 aliphatic rings. The minimum Gasteiger partial charge on any atom is -0.496 e. The van der Waals surface area contributed by atoms with Gasteiger partial charge in [0.25, 0.3) is 5.91 Å². The number of hydrogen-bond acceptors (Lipinski definition) is 6. The van der Waals surface area contributed by atoms with Crippen molar-refractivity contribution >= 4 is 29.3 Å². The Morgan fingerprint density at radius 3 is 2.32 bits per heavy atom. The minimum absolute atomic E-state index is 0.0271. The number of Topliss-reactive ketones (excluding diaryl/α,β-unsaturated/α-hetero) is 1. The highest BCUT2D eigenvalue weighted by molar-refractivity contribution is 6.34. The molecule has 1 heterocycles. The summed E-state index contributed by atoms with van der Waals surface area (Å²) in [5.74, 6) is -4.78. The highest BCUT2D eigenvalue weighted by Gasteiger charge is 2.43. The van der Waals surface area contributed by atoms with Crippen molar-refractivity contribution in [2.24, 2.45) is 5.92 Å². The van der Waals surface area contributed by atoms with Crippen LogP contribution in [0.15, 0.2) is 42.6 Å². The molecule has 1 fully saturated rings.